The summed E-state index contributed by atoms with van der Waals surface area (Å²) < 4.78 is 0. The Balaban J connectivity index is 1.95. The number of anilines is 1. The molecule has 1 saturated heterocycles. The Morgan fingerprint density at radius 3 is 2.50 bits per heavy atom. The Bertz CT molecular complexity index is 399. The molecular weight excluding hydrogens is 230 g/mol. The van der Waals surface area contributed by atoms with Crippen molar-refractivity contribution in [1.29, 1.82) is 0 Å². The van der Waals surface area contributed by atoms with Crippen molar-refractivity contribution in [1.82, 2.24) is 5.32 Å². The van der Waals surface area contributed by atoms with Gasteiger partial charge in [0, 0.05) is 31.4 Å². The number of nitro groups is 1. The van der Waals surface area contributed by atoms with E-state index in [0.717, 1.165) is 25.3 Å². The molecule has 1 fully saturated rings. The average Bonchev–Trinajstić information content (AvgIpc) is 2.40. The molecule has 18 heavy (non-hydrogen) atoms. The number of rotatable bonds is 4. The third-order valence-corrected chi connectivity index (χ3v) is 3.49. The lowest BCUT2D eigenvalue weighted by Gasteiger charge is -2.28. The van der Waals surface area contributed by atoms with Crippen molar-refractivity contribution in [2.24, 2.45) is 5.92 Å². The van der Waals surface area contributed by atoms with Crippen molar-refractivity contribution < 1.29 is 4.92 Å². The van der Waals surface area contributed by atoms with Crippen LogP contribution in [0.1, 0.15) is 12.8 Å². The van der Waals surface area contributed by atoms with E-state index in [1.165, 1.54) is 12.8 Å². The number of hydrogen-bond acceptors (Lipinski definition) is 4. The van der Waals surface area contributed by atoms with Gasteiger partial charge in [-0.1, -0.05) is 0 Å². The molecule has 1 aliphatic rings. The molecule has 0 aromatic heterocycles. The summed E-state index contributed by atoms with van der Waals surface area (Å²) in [6.45, 7) is 3.21. The normalized spacial score (nSPS) is 16.5. The quantitative estimate of drug-likeness (QED) is 0.655. The molecule has 1 aliphatic heterocycles. The van der Waals surface area contributed by atoms with Crippen molar-refractivity contribution >= 4 is 11.4 Å². The van der Waals surface area contributed by atoms with Gasteiger partial charge in [-0.25, -0.2) is 0 Å². The summed E-state index contributed by atoms with van der Waals surface area (Å²) in [5.74, 6) is 0.714. The number of nitrogens with one attached hydrogen (secondary N) is 1. The van der Waals surface area contributed by atoms with E-state index in [1.54, 1.807) is 12.1 Å². The second-order valence-corrected chi connectivity index (χ2v) is 4.85. The van der Waals surface area contributed by atoms with Crippen LogP contribution in [0.15, 0.2) is 24.3 Å². The lowest BCUT2D eigenvalue weighted by Crippen LogP contribution is -2.34. The first-order valence-electron chi connectivity index (χ1n) is 6.33. The minimum Gasteiger partial charge on any atom is -0.374 e. The molecule has 0 unspecified atom stereocenters. The van der Waals surface area contributed by atoms with Crippen molar-refractivity contribution in [3.63, 3.8) is 0 Å². The van der Waals surface area contributed by atoms with E-state index in [0.29, 0.717) is 5.92 Å². The highest BCUT2D eigenvalue weighted by atomic mass is 16.6. The fourth-order valence-electron chi connectivity index (χ4n) is 2.39. The Hall–Kier alpha value is -1.62. The first-order valence-corrected chi connectivity index (χ1v) is 6.33. The molecule has 1 N–H and O–H groups in total. The van der Waals surface area contributed by atoms with Crippen molar-refractivity contribution in [3.8, 4) is 0 Å². The molecule has 0 atom stereocenters. The topological polar surface area (TPSA) is 58.4 Å². The predicted octanol–water partition coefficient (Wildman–Crippen LogP) is 2.03. The van der Waals surface area contributed by atoms with Crippen LogP contribution in [0.25, 0.3) is 0 Å². The van der Waals surface area contributed by atoms with Gasteiger partial charge < -0.3 is 10.2 Å². The van der Waals surface area contributed by atoms with E-state index < -0.39 is 0 Å². The second-order valence-electron chi connectivity index (χ2n) is 4.85. The van der Waals surface area contributed by atoms with E-state index in [-0.39, 0.29) is 10.6 Å². The average molecular weight is 249 g/mol. The first kappa shape index (κ1) is 12.8. The number of non-ortho nitro benzene ring substituents is 1. The summed E-state index contributed by atoms with van der Waals surface area (Å²) in [6.07, 6.45) is 2.41. The van der Waals surface area contributed by atoms with Crippen molar-refractivity contribution in [2.45, 2.75) is 12.8 Å². The predicted molar refractivity (Wildman–Crippen MR) is 72.0 cm³/mol. The van der Waals surface area contributed by atoms with Gasteiger partial charge in [-0.15, -0.1) is 0 Å². The fourth-order valence-corrected chi connectivity index (χ4v) is 2.39. The van der Waals surface area contributed by atoms with Crippen LogP contribution in [0.5, 0.6) is 0 Å². The smallest absolute Gasteiger partial charge is 0.269 e. The van der Waals surface area contributed by atoms with E-state index >= 15 is 0 Å². The lowest BCUT2D eigenvalue weighted by molar-refractivity contribution is -0.384. The lowest BCUT2D eigenvalue weighted by atomic mass is 9.97. The maximum Gasteiger partial charge on any atom is 0.269 e. The second kappa shape index (κ2) is 5.82. The van der Waals surface area contributed by atoms with Crippen molar-refractivity contribution in [3.05, 3.63) is 34.4 Å². The zero-order chi connectivity index (χ0) is 13.0. The number of piperidine rings is 1. The summed E-state index contributed by atoms with van der Waals surface area (Å²) in [5, 5.41) is 13.9. The molecular formula is C13H19N3O2. The molecule has 0 saturated carbocycles. The van der Waals surface area contributed by atoms with Gasteiger partial charge in [0.05, 0.1) is 4.92 Å². The van der Waals surface area contributed by atoms with Gasteiger partial charge in [0.1, 0.15) is 0 Å². The van der Waals surface area contributed by atoms with Gasteiger partial charge in [-0.3, -0.25) is 10.1 Å². The van der Waals surface area contributed by atoms with Crippen LogP contribution in [0.3, 0.4) is 0 Å². The van der Waals surface area contributed by atoms with Gasteiger partial charge in [0.15, 0.2) is 0 Å². The fraction of sp³-hybridized carbons (Fsp3) is 0.538. The highest BCUT2D eigenvalue weighted by Gasteiger charge is 2.15. The number of benzene rings is 1. The van der Waals surface area contributed by atoms with Crippen LogP contribution in [-0.4, -0.2) is 31.6 Å². The number of nitro benzene ring substituents is 1. The maximum atomic E-state index is 10.6. The van der Waals surface area contributed by atoms with Gasteiger partial charge >= 0.3 is 0 Å². The van der Waals surface area contributed by atoms with Crippen molar-refractivity contribution in [2.75, 3.05) is 31.6 Å². The van der Waals surface area contributed by atoms with Crippen LogP contribution in [0.4, 0.5) is 11.4 Å². The summed E-state index contributed by atoms with van der Waals surface area (Å²) >= 11 is 0. The SMILES string of the molecule is CN(CC1CCNCC1)c1ccc([N+](=O)[O-])cc1. The molecule has 1 aromatic rings. The number of hydrogen-bond donors (Lipinski definition) is 1. The summed E-state index contributed by atoms with van der Waals surface area (Å²) in [5.41, 5.74) is 1.19. The molecule has 0 aliphatic carbocycles. The van der Waals surface area contributed by atoms with E-state index in [4.69, 9.17) is 0 Å². The van der Waals surface area contributed by atoms with Gasteiger partial charge in [-0.2, -0.15) is 0 Å². The third-order valence-electron chi connectivity index (χ3n) is 3.49. The Morgan fingerprint density at radius 1 is 1.33 bits per heavy atom. The van der Waals surface area contributed by atoms with Crippen LogP contribution in [0, 0.1) is 16.0 Å². The van der Waals surface area contributed by atoms with E-state index in [9.17, 15) is 10.1 Å². The molecule has 5 heteroatoms. The maximum absolute atomic E-state index is 10.6. The Kier molecular flexibility index (Phi) is 4.15. The Morgan fingerprint density at radius 2 is 1.94 bits per heavy atom. The van der Waals surface area contributed by atoms with E-state index in [2.05, 4.69) is 10.2 Å². The third kappa shape index (κ3) is 3.20. The molecule has 98 valence electrons. The standard InChI is InChI=1S/C13H19N3O2/c1-15(10-11-6-8-14-9-7-11)12-2-4-13(5-3-12)16(17)18/h2-5,11,14H,6-10H2,1H3. The summed E-state index contributed by atoms with van der Waals surface area (Å²) in [7, 11) is 2.04. The van der Waals surface area contributed by atoms with Gasteiger partial charge in [0.2, 0.25) is 0 Å². The minimum absolute atomic E-state index is 0.147. The Labute approximate surface area is 107 Å². The highest BCUT2D eigenvalue weighted by molar-refractivity contribution is 5.50. The zero-order valence-corrected chi connectivity index (χ0v) is 10.6. The molecule has 5 nitrogen and oxygen atoms in total. The summed E-state index contributed by atoms with van der Waals surface area (Å²) in [6, 6.07) is 6.76. The summed E-state index contributed by atoms with van der Waals surface area (Å²) in [4.78, 5) is 12.4. The zero-order valence-electron chi connectivity index (χ0n) is 10.6. The van der Waals surface area contributed by atoms with Gasteiger partial charge in [-0.05, 0) is 44.0 Å². The molecule has 2 rings (SSSR count). The van der Waals surface area contributed by atoms with E-state index in [1.807, 2.05) is 19.2 Å². The molecule has 0 radical (unpaired) electrons. The molecule has 1 heterocycles. The minimum atomic E-state index is -0.364. The van der Waals surface area contributed by atoms with Crippen LogP contribution in [0.2, 0.25) is 0 Å². The molecule has 0 bridgehead atoms. The highest BCUT2D eigenvalue weighted by Crippen LogP contribution is 2.21. The molecule has 0 spiro atoms. The molecule has 0 amide bonds. The van der Waals surface area contributed by atoms with Crippen LogP contribution in [-0.2, 0) is 0 Å². The van der Waals surface area contributed by atoms with Crippen LogP contribution < -0.4 is 10.2 Å². The molecule has 1 aromatic carbocycles. The van der Waals surface area contributed by atoms with Crippen LogP contribution >= 0.6 is 0 Å². The monoisotopic (exact) mass is 249 g/mol. The first-order chi connectivity index (χ1) is 8.66. The number of nitrogens with zero attached hydrogens (tertiary/aromatic N) is 2. The largest absolute Gasteiger partial charge is 0.374 e. The van der Waals surface area contributed by atoms with Gasteiger partial charge in [0.25, 0.3) is 5.69 Å².